The molecule has 1 aromatic carbocycles. The number of rotatable bonds is 2. The van der Waals surface area contributed by atoms with Crippen LogP contribution in [0.15, 0.2) is 6.07 Å². The number of benzene rings is 1. The molecule has 0 bridgehead atoms. The molecule has 0 saturated heterocycles. The van der Waals surface area contributed by atoms with Gasteiger partial charge in [0.2, 0.25) is 0 Å². The van der Waals surface area contributed by atoms with Crippen LogP contribution in [0.3, 0.4) is 0 Å². The first-order valence-corrected chi connectivity index (χ1v) is 4.04. The quantitative estimate of drug-likeness (QED) is 0.588. The van der Waals surface area contributed by atoms with E-state index in [1.807, 2.05) is 0 Å². The van der Waals surface area contributed by atoms with Crippen molar-refractivity contribution >= 4 is 0 Å². The summed E-state index contributed by atoms with van der Waals surface area (Å²) < 4.78 is 51.8. The molecule has 0 amide bonds. The Kier molecular flexibility index (Phi) is 3.01. The molecular formula is C9H9F4NO. The predicted molar refractivity (Wildman–Crippen MR) is 44.9 cm³/mol. The third-order valence-corrected chi connectivity index (χ3v) is 2.01. The lowest BCUT2D eigenvalue weighted by molar-refractivity contribution is 0.199. The van der Waals surface area contributed by atoms with Gasteiger partial charge >= 0.3 is 0 Å². The lowest BCUT2D eigenvalue weighted by atomic mass is 9.93. The van der Waals surface area contributed by atoms with Crippen LogP contribution < -0.4 is 5.73 Å². The Morgan fingerprint density at radius 1 is 1.20 bits per heavy atom. The van der Waals surface area contributed by atoms with Gasteiger partial charge in [0.05, 0.1) is 17.7 Å². The largest absolute Gasteiger partial charge is 0.394 e. The van der Waals surface area contributed by atoms with Gasteiger partial charge < -0.3 is 10.8 Å². The van der Waals surface area contributed by atoms with E-state index < -0.39 is 41.0 Å². The number of hydrogen-bond donors (Lipinski definition) is 2. The van der Waals surface area contributed by atoms with Gasteiger partial charge in [0.1, 0.15) is 0 Å². The molecule has 84 valence electrons. The lowest BCUT2D eigenvalue weighted by Gasteiger charge is -2.23. The molecule has 0 saturated carbocycles. The van der Waals surface area contributed by atoms with Gasteiger partial charge in [0, 0.05) is 6.07 Å². The fraction of sp³-hybridized carbons (Fsp3) is 0.333. The summed E-state index contributed by atoms with van der Waals surface area (Å²) in [4.78, 5) is 0. The van der Waals surface area contributed by atoms with Gasteiger partial charge in [0.15, 0.2) is 23.3 Å². The van der Waals surface area contributed by atoms with Crippen LogP contribution in [-0.4, -0.2) is 11.7 Å². The minimum atomic E-state index is -1.88. The van der Waals surface area contributed by atoms with E-state index in [4.69, 9.17) is 10.8 Å². The maximum atomic E-state index is 13.2. The zero-order valence-corrected chi connectivity index (χ0v) is 7.82. The van der Waals surface area contributed by atoms with Crippen LogP contribution in [0.2, 0.25) is 0 Å². The molecule has 2 nitrogen and oxygen atoms in total. The van der Waals surface area contributed by atoms with E-state index in [1.54, 1.807) is 0 Å². The third kappa shape index (κ3) is 1.95. The van der Waals surface area contributed by atoms with E-state index in [9.17, 15) is 17.6 Å². The monoisotopic (exact) mass is 223 g/mol. The zero-order valence-electron chi connectivity index (χ0n) is 7.82. The van der Waals surface area contributed by atoms with Crippen LogP contribution >= 0.6 is 0 Å². The lowest BCUT2D eigenvalue weighted by Crippen LogP contribution is -2.39. The first kappa shape index (κ1) is 11.9. The molecule has 15 heavy (non-hydrogen) atoms. The molecule has 6 heteroatoms. The van der Waals surface area contributed by atoms with E-state index in [2.05, 4.69) is 0 Å². The molecule has 1 aromatic rings. The smallest absolute Gasteiger partial charge is 0.167 e. The summed E-state index contributed by atoms with van der Waals surface area (Å²) in [6.07, 6.45) is 0. The Labute approximate surface area is 83.3 Å². The van der Waals surface area contributed by atoms with Gasteiger partial charge in [-0.05, 0) is 6.92 Å². The topological polar surface area (TPSA) is 46.2 Å². The van der Waals surface area contributed by atoms with Crippen LogP contribution in [-0.2, 0) is 5.54 Å². The van der Waals surface area contributed by atoms with Crippen molar-refractivity contribution in [2.45, 2.75) is 12.5 Å². The molecule has 3 N–H and O–H groups in total. The summed E-state index contributed by atoms with van der Waals surface area (Å²) in [5.74, 6) is -6.27. The highest BCUT2D eigenvalue weighted by atomic mass is 19.2. The van der Waals surface area contributed by atoms with Crippen molar-refractivity contribution in [2.75, 3.05) is 6.61 Å². The van der Waals surface area contributed by atoms with Gasteiger partial charge in [-0.1, -0.05) is 0 Å². The summed E-state index contributed by atoms with van der Waals surface area (Å²) in [5.41, 5.74) is 2.44. The maximum absolute atomic E-state index is 13.2. The fourth-order valence-electron chi connectivity index (χ4n) is 1.15. The van der Waals surface area contributed by atoms with Gasteiger partial charge in [-0.2, -0.15) is 0 Å². The van der Waals surface area contributed by atoms with E-state index >= 15 is 0 Å². The minimum Gasteiger partial charge on any atom is -0.394 e. The zero-order chi connectivity index (χ0) is 11.8. The van der Waals surface area contributed by atoms with E-state index in [-0.39, 0.29) is 6.07 Å². The van der Waals surface area contributed by atoms with Crippen molar-refractivity contribution in [2.24, 2.45) is 5.73 Å². The number of aliphatic hydroxyl groups is 1. The van der Waals surface area contributed by atoms with Crippen LogP contribution in [0.5, 0.6) is 0 Å². The van der Waals surface area contributed by atoms with Crippen molar-refractivity contribution in [1.82, 2.24) is 0 Å². The van der Waals surface area contributed by atoms with Gasteiger partial charge in [0.25, 0.3) is 0 Å². The molecule has 1 atom stereocenters. The molecule has 0 heterocycles. The Morgan fingerprint density at radius 2 is 1.60 bits per heavy atom. The molecule has 0 aromatic heterocycles. The normalized spacial score (nSPS) is 15.1. The molecule has 0 radical (unpaired) electrons. The van der Waals surface area contributed by atoms with Crippen LogP contribution in [0, 0.1) is 23.3 Å². The van der Waals surface area contributed by atoms with E-state index in [0.717, 1.165) is 6.92 Å². The first-order chi connectivity index (χ1) is 6.81. The van der Waals surface area contributed by atoms with Gasteiger partial charge in [-0.25, -0.2) is 17.6 Å². The van der Waals surface area contributed by atoms with Crippen molar-refractivity contribution in [3.8, 4) is 0 Å². The second-order valence-electron chi connectivity index (χ2n) is 3.42. The third-order valence-electron chi connectivity index (χ3n) is 2.01. The fourth-order valence-corrected chi connectivity index (χ4v) is 1.15. The van der Waals surface area contributed by atoms with E-state index in [1.165, 1.54) is 0 Å². The van der Waals surface area contributed by atoms with Gasteiger partial charge in [-0.15, -0.1) is 0 Å². The molecular weight excluding hydrogens is 214 g/mol. The first-order valence-electron chi connectivity index (χ1n) is 4.04. The average molecular weight is 223 g/mol. The summed E-state index contributed by atoms with van der Waals surface area (Å²) in [7, 11) is 0. The molecule has 0 aliphatic carbocycles. The summed E-state index contributed by atoms with van der Waals surface area (Å²) in [5, 5.41) is 8.77. The van der Waals surface area contributed by atoms with Crippen LogP contribution in [0.4, 0.5) is 17.6 Å². The number of hydrogen-bond acceptors (Lipinski definition) is 2. The second-order valence-corrected chi connectivity index (χ2v) is 3.42. The Bertz CT molecular complexity index is 366. The number of halogens is 4. The molecule has 0 fully saturated rings. The standard InChI is InChI=1S/C9H9F4NO/c1-9(14,3-15)6-7(12)4(10)2-5(11)8(6)13/h2,15H,3,14H2,1H3. The van der Waals surface area contributed by atoms with Crippen molar-refractivity contribution < 1.29 is 22.7 Å². The highest BCUT2D eigenvalue weighted by Gasteiger charge is 2.31. The summed E-state index contributed by atoms with van der Waals surface area (Å²) in [6.45, 7) is 0.219. The average Bonchev–Trinajstić information content (AvgIpc) is 2.15. The molecule has 0 spiro atoms. The Morgan fingerprint density at radius 3 is 1.93 bits per heavy atom. The highest BCUT2D eigenvalue weighted by Crippen LogP contribution is 2.27. The number of aliphatic hydroxyl groups excluding tert-OH is 1. The molecule has 0 aliphatic heterocycles. The van der Waals surface area contributed by atoms with Crippen molar-refractivity contribution in [3.05, 3.63) is 34.9 Å². The van der Waals surface area contributed by atoms with Crippen molar-refractivity contribution in [3.63, 3.8) is 0 Å². The number of nitrogens with two attached hydrogens (primary N) is 1. The predicted octanol–water partition coefficient (Wildman–Crippen LogP) is 1.41. The molecule has 1 unspecified atom stereocenters. The van der Waals surface area contributed by atoms with Crippen LogP contribution in [0.1, 0.15) is 12.5 Å². The second kappa shape index (κ2) is 3.79. The maximum Gasteiger partial charge on any atom is 0.167 e. The Balaban J connectivity index is 3.53. The minimum absolute atomic E-state index is 0.0849. The SMILES string of the molecule is CC(N)(CO)c1c(F)c(F)cc(F)c1F. The van der Waals surface area contributed by atoms with Gasteiger partial charge in [-0.3, -0.25) is 0 Å². The molecule has 1 rings (SSSR count). The van der Waals surface area contributed by atoms with E-state index in [0.29, 0.717) is 0 Å². The summed E-state index contributed by atoms with van der Waals surface area (Å²) >= 11 is 0. The van der Waals surface area contributed by atoms with Crippen molar-refractivity contribution in [1.29, 1.82) is 0 Å². The van der Waals surface area contributed by atoms with Crippen LogP contribution in [0.25, 0.3) is 0 Å². The Hall–Kier alpha value is -1.14. The highest BCUT2D eigenvalue weighted by molar-refractivity contribution is 5.29. The summed E-state index contributed by atoms with van der Waals surface area (Å²) in [6, 6.07) is 0.0849. The molecule has 0 aliphatic rings.